The van der Waals surface area contributed by atoms with Crippen LogP contribution in [0.2, 0.25) is 0 Å². The molecule has 17 heavy (non-hydrogen) atoms. The van der Waals surface area contributed by atoms with Gasteiger partial charge in [0.2, 0.25) is 0 Å². The number of carboxylic acids is 1. The van der Waals surface area contributed by atoms with Gasteiger partial charge in [-0.3, -0.25) is 0 Å². The smallest absolute Gasteiger partial charge is 0.352 e. The van der Waals surface area contributed by atoms with Gasteiger partial charge < -0.3 is 9.67 Å². The summed E-state index contributed by atoms with van der Waals surface area (Å²) < 4.78 is 15.2. The summed E-state index contributed by atoms with van der Waals surface area (Å²) in [5.74, 6) is -1.36. The van der Waals surface area contributed by atoms with Crippen LogP contribution >= 0.6 is 0 Å². The molecule has 0 aliphatic heterocycles. The summed E-state index contributed by atoms with van der Waals surface area (Å²) in [6, 6.07) is 7.90. The highest BCUT2D eigenvalue weighted by Gasteiger charge is 2.16. The van der Waals surface area contributed by atoms with E-state index in [0.717, 1.165) is 5.56 Å². The molecule has 0 amide bonds. The zero-order chi connectivity index (χ0) is 12.6. The van der Waals surface area contributed by atoms with Crippen LogP contribution in [0, 0.1) is 12.7 Å². The van der Waals surface area contributed by atoms with E-state index in [9.17, 15) is 9.18 Å². The number of carboxylic acid groups (broad SMARTS) is 1. The number of hydrogen-bond donors (Lipinski definition) is 1. The van der Waals surface area contributed by atoms with Crippen LogP contribution in [0.5, 0.6) is 0 Å². The first-order valence-corrected chi connectivity index (χ1v) is 5.17. The topological polar surface area (TPSA) is 42.2 Å². The Labute approximate surface area is 98.1 Å². The van der Waals surface area contributed by atoms with Crippen molar-refractivity contribution in [3.63, 3.8) is 0 Å². The molecular weight excluding hydrogens is 221 g/mol. The van der Waals surface area contributed by atoms with Gasteiger partial charge in [-0.15, -0.1) is 0 Å². The van der Waals surface area contributed by atoms with Crippen LogP contribution in [0.1, 0.15) is 16.1 Å². The predicted octanol–water partition coefficient (Wildman–Crippen LogP) is 2.84. The van der Waals surface area contributed by atoms with Gasteiger partial charge in [0.05, 0.1) is 5.69 Å². The maximum Gasteiger partial charge on any atom is 0.352 e. The Morgan fingerprint density at radius 1 is 1.29 bits per heavy atom. The second kappa shape index (κ2) is 4.05. The standard InChI is InChI=1S/C13H12FNO2/c1-8-4-3-5-9(14)12(8)10-6-7-11(13(16)17)15(10)2/h3-7H,1-2H3,(H,16,17). The molecule has 0 aliphatic rings. The third-order valence-corrected chi connectivity index (χ3v) is 2.82. The molecule has 0 spiro atoms. The van der Waals surface area contributed by atoms with Crippen molar-refractivity contribution >= 4 is 5.97 Å². The quantitative estimate of drug-likeness (QED) is 0.866. The number of nitrogens with zero attached hydrogens (tertiary/aromatic N) is 1. The Kier molecular flexibility index (Phi) is 2.71. The SMILES string of the molecule is Cc1cccc(F)c1-c1ccc(C(=O)O)n1C. The molecule has 0 fully saturated rings. The molecule has 2 rings (SSSR count). The Hall–Kier alpha value is -2.10. The third kappa shape index (κ3) is 1.82. The molecule has 4 heteroatoms. The van der Waals surface area contributed by atoms with Crippen molar-refractivity contribution in [2.75, 3.05) is 0 Å². The second-order valence-corrected chi connectivity index (χ2v) is 3.90. The van der Waals surface area contributed by atoms with Gasteiger partial charge in [-0.25, -0.2) is 9.18 Å². The number of aromatic carboxylic acids is 1. The lowest BCUT2D eigenvalue weighted by Gasteiger charge is -2.09. The fourth-order valence-electron chi connectivity index (χ4n) is 1.93. The van der Waals surface area contributed by atoms with Gasteiger partial charge in [0.15, 0.2) is 0 Å². The molecule has 1 aromatic carbocycles. The maximum absolute atomic E-state index is 13.8. The summed E-state index contributed by atoms with van der Waals surface area (Å²) in [4.78, 5) is 10.9. The highest BCUT2D eigenvalue weighted by atomic mass is 19.1. The Morgan fingerprint density at radius 3 is 2.53 bits per heavy atom. The van der Waals surface area contributed by atoms with E-state index in [0.29, 0.717) is 11.3 Å². The fraction of sp³-hybridized carbons (Fsp3) is 0.154. The zero-order valence-electron chi connectivity index (χ0n) is 9.57. The van der Waals surface area contributed by atoms with Gasteiger partial charge in [0.1, 0.15) is 11.5 Å². The number of hydrogen-bond acceptors (Lipinski definition) is 1. The summed E-state index contributed by atoms with van der Waals surface area (Å²) >= 11 is 0. The fourth-order valence-corrected chi connectivity index (χ4v) is 1.93. The van der Waals surface area contributed by atoms with Gasteiger partial charge in [0, 0.05) is 12.6 Å². The van der Waals surface area contributed by atoms with Crippen LogP contribution < -0.4 is 0 Å². The summed E-state index contributed by atoms with van der Waals surface area (Å²) in [5, 5.41) is 8.95. The van der Waals surface area contributed by atoms with Crippen molar-refractivity contribution in [1.29, 1.82) is 0 Å². The van der Waals surface area contributed by atoms with Crippen molar-refractivity contribution in [3.05, 3.63) is 47.4 Å². The van der Waals surface area contributed by atoms with Crippen LogP contribution in [-0.4, -0.2) is 15.6 Å². The van der Waals surface area contributed by atoms with Crippen molar-refractivity contribution in [1.82, 2.24) is 4.57 Å². The first-order chi connectivity index (χ1) is 8.02. The maximum atomic E-state index is 13.8. The molecule has 0 saturated carbocycles. The predicted molar refractivity (Wildman–Crippen MR) is 62.5 cm³/mol. The molecule has 0 atom stereocenters. The van der Waals surface area contributed by atoms with Crippen LogP contribution in [0.3, 0.4) is 0 Å². The van der Waals surface area contributed by atoms with E-state index in [1.165, 1.54) is 16.7 Å². The van der Waals surface area contributed by atoms with Gasteiger partial charge in [-0.1, -0.05) is 12.1 Å². The first-order valence-electron chi connectivity index (χ1n) is 5.17. The molecule has 0 bridgehead atoms. The number of rotatable bonds is 2. The van der Waals surface area contributed by atoms with E-state index in [2.05, 4.69) is 0 Å². The van der Waals surface area contributed by atoms with Crippen LogP contribution in [0.15, 0.2) is 30.3 Å². The van der Waals surface area contributed by atoms with Gasteiger partial charge >= 0.3 is 5.97 Å². The highest BCUT2D eigenvalue weighted by molar-refractivity contribution is 5.87. The Balaban J connectivity index is 2.66. The van der Waals surface area contributed by atoms with Crippen molar-refractivity contribution in [3.8, 4) is 11.3 Å². The molecule has 0 unspecified atom stereocenters. The Bertz CT molecular complexity index is 567. The van der Waals surface area contributed by atoms with Crippen molar-refractivity contribution in [2.45, 2.75) is 6.92 Å². The van der Waals surface area contributed by atoms with Gasteiger partial charge in [-0.2, -0.15) is 0 Å². The van der Waals surface area contributed by atoms with E-state index < -0.39 is 5.97 Å². The van der Waals surface area contributed by atoms with Gasteiger partial charge in [-0.05, 0) is 30.7 Å². The number of aryl methyl sites for hydroxylation is 1. The minimum Gasteiger partial charge on any atom is -0.477 e. The number of carbonyl (C=O) groups is 1. The molecule has 88 valence electrons. The average molecular weight is 233 g/mol. The molecule has 0 aliphatic carbocycles. The van der Waals surface area contributed by atoms with Crippen LogP contribution in [0.25, 0.3) is 11.3 Å². The molecule has 1 N–H and O–H groups in total. The lowest BCUT2D eigenvalue weighted by atomic mass is 10.1. The van der Waals surface area contributed by atoms with Crippen LogP contribution in [0.4, 0.5) is 4.39 Å². The third-order valence-electron chi connectivity index (χ3n) is 2.82. The minimum atomic E-state index is -1.02. The zero-order valence-corrected chi connectivity index (χ0v) is 9.57. The largest absolute Gasteiger partial charge is 0.477 e. The first kappa shape index (κ1) is 11.4. The molecule has 1 aromatic heterocycles. The molecule has 1 heterocycles. The second-order valence-electron chi connectivity index (χ2n) is 3.90. The van der Waals surface area contributed by atoms with E-state index in [4.69, 9.17) is 5.11 Å². The van der Waals surface area contributed by atoms with E-state index >= 15 is 0 Å². The normalized spacial score (nSPS) is 10.5. The molecule has 3 nitrogen and oxygen atoms in total. The molecule has 0 radical (unpaired) electrons. The van der Waals surface area contributed by atoms with E-state index in [1.807, 2.05) is 0 Å². The Morgan fingerprint density at radius 2 is 2.00 bits per heavy atom. The highest BCUT2D eigenvalue weighted by Crippen LogP contribution is 2.27. The summed E-state index contributed by atoms with van der Waals surface area (Å²) in [5.41, 5.74) is 1.94. The van der Waals surface area contributed by atoms with Crippen molar-refractivity contribution in [2.24, 2.45) is 7.05 Å². The lowest BCUT2D eigenvalue weighted by molar-refractivity contribution is 0.0686. The van der Waals surface area contributed by atoms with E-state index in [1.54, 1.807) is 32.2 Å². The molecule has 2 aromatic rings. The van der Waals surface area contributed by atoms with Crippen LogP contribution in [-0.2, 0) is 7.05 Å². The lowest BCUT2D eigenvalue weighted by Crippen LogP contribution is -2.06. The summed E-state index contributed by atoms with van der Waals surface area (Å²) in [7, 11) is 1.62. The molecular formula is C13H12FNO2. The summed E-state index contributed by atoms with van der Waals surface area (Å²) in [6.45, 7) is 1.80. The minimum absolute atomic E-state index is 0.141. The summed E-state index contributed by atoms with van der Waals surface area (Å²) in [6.07, 6.45) is 0. The van der Waals surface area contributed by atoms with E-state index in [-0.39, 0.29) is 11.5 Å². The van der Waals surface area contributed by atoms with Gasteiger partial charge in [0.25, 0.3) is 0 Å². The average Bonchev–Trinajstić information content (AvgIpc) is 2.61. The number of aromatic nitrogens is 1. The molecule has 0 saturated heterocycles. The number of benzene rings is 1. The monoisotopic (exact) mass is 233 g/mol. The van der Waals surface area contributed by atoms with Crippen molar-refractivity contribution < 1.29 is 14.3 Å². The number of halogens is 1.